The highest BCUT2D eigenvalue weighted by molar-refractivity contribution is 5.96. The molecule has 0 aliphatic carbocycles. The van der Waals surface area contributed by atoms with Crippen LogP contribution in [0.4, 0.5) is 11.5 Å². The van der Waals surface area contributed by atoms with Crippen LogP contribution in [-0.2, 0) is 4.79 Å². The maximum absolute atomic E-state index is 11.3. The van der Waals surface area contributed by atoms with Crippen LogP contribution in [-0.4, -0.2) is 20.8 Å². The number of aromatic nitrogens is 2. The predicted octanol–water partition coefficient (Wildman–Crippen LogP) is 3.16. The van der Waals surface area contributed by atoms with Crippen molar-refractivity contribution < 1.29 is 9.72 Å². The van der Waals surface area contributed by atoms with Gasteiger partial charge in [-0.25, -0.2) is 4.98 Å². The SMILES string of the molecule is CC(=O)Nc1cc2cccnc2c(-c2cccc([N+](=O)[O-])c2)n1. The summed E-state index contributed by atoms with van der Waals surface area (Å²) in [6.07, 6.45) is 1.63. The van der Waals surface area contributed by atoms with Crippen molar-refractivity contribution in [3.8, 4) is 11.3 Å². The number of nitrogens with one attached hydrogen (secondary N) is 1. The number of hydrogen-bond acceptors (Lipinski definition) is 5. The first-order valence-corrected chi connectivity index (χ1v) is 6.83. The first-order chi connectivity index (χ1) is 11.0. The third-order valence-electron chi connectivity index (χ3n) is 3.22. The van der Waals surface area contributed by atoms with Crippen LogP contribution >= 0.6 is 0 Å². The van der Waals surface area contributed by atoms with Gasteiger partial charge in [-0.1, -0.05) is 18.2 Å². The second-order valence-corrected chi connectivity index (χ2v) is 4.92. The minimum absolute atomic E-state index is 0.0293. The van der Waals surface area contributed by atoms with Gasteiger partial charge in [0.25, 0.3) is 5.69 Å². The van der Waals surface area contributed by atoms with Crippen molar-refractivity contribution in [2.45, 2.75) is 6.92 Å². The number of carbonyl (C=O) groups excluding carboxylic acids is 1. The molecule has 114 valence electrons. The number of rotatable bonds is 3. The molecular formula is C16H12N4O3. The van der Waals surface area contributed by atoms with E-state index in [1.54, 1.807) is 30.5 Å². The normalized spacial score (nSPS) is 10.5. The monoisotopic (exact) mass is 308 g/mol. The zero-order valence-electron chi connectivity index (χ0n) is 12.2. The number of benzene rings is 1. The molecule has 1 aromatic carbocycles. The third-order valence-corrected chi connectivity index (χ3v) is 3.22. The predicted molar refractivity (Wildman–Crippen MR) is 85.9 cm³/mol. The Kier molecular flexibility index (Phi) is 3.68. The molecule has 1 amide bonds. The molecule has 0 atom stereocenters. The van der Waals surface area contributed by atoms with Crippen molar-refractivity contribution in [2.24, 2.45) is 0 Å². The molecule has 3 aromatic rings. The van der Waals surface area contributed by atoms with E-state index in [0.717, 1.165) is 5.39 Å². The molecule has 0 bridgehead atoms. The molecular weight excluding hydrogens is 296 g/mol. The third kappa shape index (κ3) is 2.98. The number of pyridine rings is 2. The lowest BCUT2D eigenvalue weighted by molar-refractivity contribution is -0.384. The summed E-state index contributed by atoms with van der Waals surface area (Å²) in [6.45, 7) is 1.39. The molecule has 7 heteroatoms. The Bertz CT molecular complexity index is 924. The van der Waals surface area contributed by atoms with Crippen molar-refractivity contribution in [3.05, 3.63) is 58.8 Å². The van der Waals surface area contributed by atoms with Gasteiger partial charge in [0.05, 0.1) is 16.1 Å². The minimum atomic E-state index is -0.462. The van der Waals surface area contributed by atoms with Gasteiger partial charge in [0.15, 0.2) is 0 Å². The lowest BCUT2D eigenvalue weighted by Crippen LogP contribution is -2.08. The molecule has 2 heterocycles. The number of fused-ring (bicyclic) bond motifs is 1. The second-order valence-electron chi connectivity index (χ2n) is 4.92. The fraction of sp³-hybridized carbons (Fsp3) is 0.0625. The summed E-state index contributed by atoms with van der Waals surface area (Å²) >= 11 is 0. The van der Waals surface area contributed by atoms with Crippen molar-refractivity contribution in [1.82, 2.24) is 9.97 Å². The van der Waals surface area contributed by atoms with E-state index in [9.17, 15) is 14.9 Å². The Labute approximate surface area is 131 Å². The zero-order chi connectivity index (χ0) is 16.4. The van der Waals surface area contributed by atoms with Crippen molar-refractivity contribution in [3.63, 3.8) is 0 Å². The highest BCUT2D eigenvalue weighted by Gasteiger charge is 2.13. The Morgan fingerprint density at radius 2 is 2.04 bits per heavy atom. The molecule has 1 N–H and O–H groups in total. The van der Waals surface area contributed by atoms with E-state index < -0.39 is 4.92 Å². The summed E-state index contributed by atoms with van der Waals surface area (Å²) in [5.41, 5.74) is 1.63. The fourth-order valence-corrected chi connectivity index (χ4v) is 2.30. The molecule has 3 rings (SSSR count). The number of hydrogen-bond donors (Lipinski definition) is 1. The smallest absolute Gasteiger partial charge is 0.270 e. The van der Waals surface area contributed by atoms with Crippen LogP contribution in [0.3, 0.4) is 0 Å². The summed E-state index contributed by atoms with van der Waals surface area (Å²) in [5, 5.41) is 14.4. The summed E-state index contributed by atoms with van der Waals surface area (Å²) in [5.74, 6) is 0.130. The van der Waals surface area contributed by atoms with Crippen LogP contribution in [0.25, 0.3) is 22.2 Å². The molecule has 0 aliphatic rings. The molecule has 0 spiro atoms. The van der Waals surface area contributed by atoms with Crippen LogP contribution in [0.15, 0.2) is 48.7 Å². The summed E-state index contributed by atoms with van der Waals surface area (Å²) in [7, 11) is 0. The largest absolute Gasteiger partial charge is 0.311 e. The van der Waals surface area contributed by atoms with Crippen LogP contribution < -0.4 is 5.32 Å². The van der Waals surface area contributed by atoms with Gasteiger partial charge in [-0.2, -0.15) is 0 Å². The first-order valence-electron chi connectivity index (χ1n) is 6.83. The fourth-order valence-electron chi connectivity index (χ4n) is 2.30. The highest BCUT2D eigenvalue weighted by Crippen LogP contribution is 2.29. The minimum Gasteiger partial charge on any atom is -0.311 e. The molecule has 0 saturated heterocycles. The van der Waals surface area contributed by atoms with Crippen molar-refractivity contribution >= 4 is 28.3 Å². The van der Waals surface area contributed by atoms with E-state index in [0.29, 0.717) is 22.6 Å². The summed E-state index contributed by atoms with van der Waals surface area (Å²) < 4.78 is 0. The van der Waals surface area contributed by atoms with Crippen LogP contribution in [0, 0.1) is 10.1 Å². The average molecular weight is 308 g/mol. The first kappa shape index (κ1) is 14.6. The number of non-ortho nitro benzene ring substituents is 1. The van der Waals surface area contributed by atoms with Crippen molar-refractivity contribution in [2.75, 3.05) is 5.32 Å². The highest BCUT2D eigenvalue weighted by atomic mass is 16.6. The number of amides is 1. The number of nitrogens with zero attached hydrogens (tertiary/aromatic N) is 3. The molecule has 0 aliphatic heterocycles. The maximum atomic E-state index is 11.3. The standard InChI is InChI=1S/C16H12N4O3/c1-10(21)18-14-9-12-5-3-7-17-15(12)16(19-14)11-4-2-6-13(8-11)20(22)23/h2-9H,1H3,(H,18,19,21). The Morgan fingerprint density at radius 1 is 1.22 bits per heavy atom. The maximum Gasteiger partial charge on any atom is 0.270 e. The van der Waals surface area contributed by atoms with E-state index in [4.69, 9.17) is 0 Å². The van der Waals surface area contributed by atoms with Gasteiger partial charge in [0, 0.05) is 36.2 Å². The van der Waals surface area contributed by atoms with Gasteiger partial charge in [0.2, 0.25) is 5.91 Å². The molecule has 0 fully saturated rings. The Balaban J connectivity index is 2.24. The van der Waals surface area contributed by atoms with E-state index >= 15 is 0 Å². The Hall–Kier alpha value is -3.35. The van der Waals surface area contributed by atoms with E-state index in [1.165, 1.54) is 19.1 Å². The van der Waals surface area contributed by atoms with Crippen LogP contribution in [0.1, 0.15) is 6.92 Å². The summed E-state index contributed by atoms with van der Waals surface area (Å²) in [6, 6.07) is 11.5. The summed E-state index contributed by atoms with van der Waals surface area (Å²) in [4.78, 5) is 30.5. The Morgan fingerprint density at radius 3 is 2.78 bits per heavy atom. The van der Waals surface area contributed by atoms with Gasteiger partial charge in [-0.15, -0.1) is 0 Å². The van der Waals surface area contributed by atoms with Crippen molar-refractivity contribution in [1.29, 1.82) is 0 Å². The van der Waals surface area contributed by atoms with Gasteiger partial charge in [-0.05, 0) is 12.1 Å². The average Bonchev–Trinajstić information content (AvgIpc) is 2.53. The van der Waals surface area contributed by atoms with Gasteiger partial charge in [0.1, 0.15) is 5.82 Å². The number of carbonyl (C=O) groups is 1. The quantitative estimate of drug-likeness (QED) is 0.592. The lowest BCUT2D eigenvalue weighted by atomic mass is 10.1. The number of nitro benzene ring substituents is 1. The molecule has 0 unspecified atom stereocenters. The van der Waals surface area contributed by atoms with Gasteiger partial charge < -0.3 is 5.32 Å². The molecule has 2 aromatic heterocycles. The second kappa shape index (κ2) is 5.80. The number of nitro groups is 1. The zero-order valence-corrected chi connectivity index (χ0v) is 12.2. The van der Waals surface area contributed by atoms with Crippen LogP contribution in [0.2, 0.25) is 0 Å². The van der Waals surface area contributed by atoms with Gasteiger partial charge >= 0.3 is 0 Å². The lowest BCUT2D eigenvalue weighted by Gasteiger charge is -2.09. The molecule has 7 nitrogen and oxygen atoms in total. The molecule has 0 saturated carbocycles. The molecule has 23 heavy (non-hydrogen) atoms. The number of anilines is 1. The van der Waals surface area contributed by atoms with Crippen LogP contribution in [0.5, 0.6) is 0 Å². The topological polar surface area (TPSA) is 98.0 Å². The van der Waals surface area contributed by atoms with E-state index in [2.05, 4.69) is 15.3 Å². The van der Waals surface area contributed by atoms with E-state index in [-0.39, 0.29) is 11.6 Å². The molecule has 0 radical (unpaired) electrons. The van der Waals surface area contributed by atoms with E-state index in [1.807, 2.05) is 6.07 Å². The van der Waals surface area contributed by atoms with Gasteiger partial charge in [-0.3, -0.25) is 19.9 Å².